The predicted octanol–water partition coefficient (Wildman–Crippen LogP) is 2.41. The molecule has 0 saturated heterocycles. The summed E-state index contributed by atoms with van der Waals surface area (Å²) in [5.74, 6) is -0.0452. The number of imidazole rings is 1. The maximum Gasteiger partial charge on any atom is 0.275 e. The van der Waals surface area contributed by atoms with E-state index in [-0.39, 0.29) is 0 Å². The van der Waals surface area contributed by atoms with Crippen LogP contribution in [0.1, 0.15) is 10.4 Å². The number of nitrogens with zero attached hydrogens (tertiary/aromatic N) is 1. The highest BCUT2D eigenvalue weighted by molar-refractivity contribution is 6.03. The molecule has 0 aliphatic rings. The molecule has 2 aromatic carbocycles. The van der Waals surface area contributed by atoms with Gasteiger partial charge in [0.05, 0.1) is 28.8 Å². The topological polar surface area (TPSA) is 99.3 Å². The Hall–Kier alpha value is -2.90. The zero-order valence-corrected chi connectivity index (χ0v) is 13.2. The first kappa shape index (κ1) is 16.0. The molecule has 0 aliphatic carbocycles. The van der Waals surface area contributed by atoms with Crippen molar-refractivity contribution in [3.63, 3.8) is 0 Å². The fraction of sp³-hybridized carbons (Fsp3) is 0.176. The van der Waals surface area contributed by atoms with Crippen LogP contribution in [0, 0.1) is 0 Å². The summed E-state index contributed by atoms with van der Waals surface area (Å²) in [6.45, 7) is 1.10. The second-order valence-electron chi connectivity index (χ2n) is 5.19. The molecule has 3 aromatic rings. The normalized spacial score (nSPS) is 10.8. The number of ether oxygens (including phenoxy) is 1. The van der Waals surface area contributed by atoms with E-state index in [0.29, 0.717) is 30.1 Å². The molecular formula is C17H18N4O3. The molecule has 1 aromatic heterocycles. The average Bonchev–Trinajstić information content (AvgIpc) is 3.04. The number of carbonyl (C=O) groups excluding carboxylic acids is 1. The number of methoxy groups -OCH3 is 1. The number of aromatic nitrogens is 2. The highest BCUT2D eigenvalue weighted by Crippen LogP contribution is 2.31. The smallest absolute Gasteiger partial charge is 0.275 e. The van der Waals surface area contributed by atoms with Gasteiger partial charge in [-0.25, -0.2) is 10.5 Å². The van der Waals surface area contributed by atoms with Crippen LogP contribution in [0.2, 0.25) is 0 Å². The number of benzene rings is 2. The van der Waals surface area contributed by atoms with Crippen molar-refractivity contribution in [3.8, 4) is 11.4 Å². The fourth-order valence-electron chi connectivity index (χ4n) is 2.56. The summed E-state index contributed by atoms with van der Waals surface area (Å²) >= 11 is 0. The third kappa shape index (κ3) is 3.08. The summed E-state index contributed by atoms with van der Waals surface area (Å²) < 4.78 is 5.05. The number of aromatic amines is 1. The number of H-pyrrole nitrogens is 1. The number of rotatable bonds is 6. The van der Waals surface area contributed by atoms with E-state index in [1.807, 2.05) is 30.3 Å². The van der Waals surface area contributed by atoms with E-state index in [1.54, 1.807) is 24.7 Å². The summed E-state index contributed by atoms with van der Waals surface area (Å²) in [6, 6.07) is 12.8. The van der Waals surface area contributed by atoms with Gasteiger partial charge in [-0.1, -0.05) is 18.2 Å². The number of anilines is 1. The molecule has 124 valence electrons. The van der Waals surface area contributed by atoms with E-state index < -0.39 is 5.91 Å². The Morgan fingerprint density at radius 3 is 2.83 bits per heavy atom. The second kappa shape index (κ2) is 7.12. The van der Waals surface area contributed by atoms with Crippen LogP contribution < -0.4 is 10.8 Å². The van der Waals surface area contributed by atoms with Crippen LogP contribution in [0.3, 0.4) is 0 Å². The van der Waals surface area contributed by atoms with Gasteiger partial charge in [0, 0.05) is 19.3 Å². The van der Waals surface area contributed by atoms with Crippen molar-refractivity contribution in [1.29, 1.82) is 0 Å². The minimum atomic E-state index is -0.596. The predicted molar refractivity (Wildman–Crippen MR) is 91.1 cm³/mol. The van der Waals surface area contributed by atoms with Gasteiger partial charge in [0.2, 0.25) is 0 Å². The van der Waals surface area contributed by atoms with Crippen molar-refractivity contribution < 1.29 is 14.7 Å². The number of hydrogen-bond donors (Lipinski definition) is 4. The first-order valence-corrected chi connectivity index (χ1v) is 7.50. The second-order valence-corrected chi connectivity index (χ2v) is 5.19. The third-order valence-electron chi connectivity index (χ3n) is 3.66. The lowest BCUT2D eigenvalue weighted by Crippen LogP contribution is -2.20. The molecule has 1 amide bonds. The Kier molecular flexibility index (Phi) is 4.74. The van der Waals surface area contributed by atoms with Crippen LogP contribution in [-0.2, 0) is 4.74 Å². The number of amides is 1. The lowest BCUT2D eigenvalue weighted by Gasteiger charge is -2.13. The molecule has 7 nitrogen and oxygen atoms in total. The first-order chi connectivity index (χ1) is 11.7. The molecule has 3 rings (SSSR count). The SMILES string of the molecule is COCCNc1cccc(C(=O)NO)c1-c1nc2ccccc2[nH]1. The Bertz CT molecular complexity index is 827. The van der Waals surface area contributed by atoms with Crippen LogP contribution in [0.4, 0.5) is 5.69 Å². The van der Waals surface area contributed by atoms with Gasteiger partial charge in [-0.05, 0) is 24.3 Å². The summed E-state index contributed by atoms with van der Waals surface area (Å²) in [5, 5.41) is 12.3. The average molecular weight is 326 g/mol. The molecule has 0 spiro atoms. The maximum atomic E-state index is 12.0. The van der Waals surface area contributed by atoms with E-state index >= 15 is 0 Å². The fourth-order valence-corrected chi connectivity index (χ4v) is 2.56. The van der Waals surface area contributed by atoms with E-state index in [9.17, 15) is 4.79 Å². The Morgan fingerprint density at radius 2 is 2.08 bits per heavy atom. The molecule has 0 bridgehead atoms. The number of hydroxylamine groups is 1. The van der Waals surface area contributed by atoms with E-state index in [4.69, 9.17) is 9.94 Å². The molecule has 0 saturated carbocycles. The zero-order chi connectivity index (χ0) is 16.9. The van der Waals surface area contributed by atoms with Gasteiger partial charge in [-0.3, -0.25) is 10.0 Å². The highest BCUT2D eigenvalue weighted by atomic mass is 16.5. The van der Waals surface area contributed by atoms with Crippen LogP contribution in [0.5, 0.6) is 0 Å². The number of nitrogens with one attached hydrogen (secondary N) is 3. The maximum absolute atomic E-state index is 12.0. The van der Waals surface area contributed by atoms with E-state index in [2.05, 4.69) is 15.3 Å². The van der Waals surface area contributed by atoms with Gasteiger partial charge in [0.25, 0.3) is 5.91 Å². The minimum Gasteiger partial charge on any atom is -0.383 e. The first-order valence-electron chi connectivity index (χ1n) is 7.50. The van der Waals surface area contributed by atoms with Gasteiger partial charge in [-0.15, -0.1) is 0 Å². The molecule has 4 N–H and O–H groups in total. The Morgan fingerprint density at radius 1 is 1.25 bits per heavy atom. The largest absolute Gasteiger partial charge is 0.383 e. The van der Waals surface area contributed by atoms with Crippen LogP contribution in [0.15, 0.2) is 42.5 Å². The molecule has 0 unspecified atom stereocenters. The van der Waals surface area contributed by atoms with Gasteiger partial charge in [0.1, 0.15) is 5.82 Å². The van der Waals surface area contributed by atoms with Crippen molar-refractivity contribution in [2.24, 2.45) is 0 Å². The lowest BCUT2D eigenvalue weighted by atomic mass is 10.0. The monoisotopic (exact) mass is 326 g/mol. The quantitative estimate of drug-likeness (QED) is 0.317. The highest BCUT2D eigenvalue weighted by Gasteiger charge is 2.19. The lowest BCUT2D eigenvalue weighted by molar-refractivity contribution is 0.0707. The molecule has 0 radical (unpaired) electrons. The van der Waals surface area contributed by atoms with E-state index in [1.165, 1.54) is 0 Å². The molecule has 0 fully saturated rings. The minimum absolute atomic E-state index is 0.318. The van der Waals surface area contributed by atoms with Gasteiger partial charge >= 0.3 is 0 Å². The molecule has 7 heteroatoms. The van der Waals surface area contributed by atoms with Crippen LogP contribution >= 0.6 is 0 Å². The van der Waals surface area contributed by atoms with E-state index in [0.717, 1.165) is 16.7 Å². The molecule has 0 atom stereocenters. The summed E-state index contributed by atoms with van der Waals surface area (Å²) in [4.78, 5) is 19.8. The number of carbonyl (C=O) groups is 1. The summed E-state index contributed by atoms with van der Waals surface area (Å²) in [7, 11) is 1.62. The molecular weight excluding hydrogens is 308 g/mol. The van der Waals surface area contributed by atoms with Crippen molar-refractivity contribution in [2.75, 3.05) is 25.6 Å². The zero-order valence-electron chi connectivity index (χ0n) is 13.2. The Labute approximate surface area is 138 Å². The van der Waals surface area contributed by atoms with Crippen LogP contribution in [0.25, 0.3) is 22.4 Å². The summed E-state index contributed by atoms with van der Waals surface area (Å²) in [5.41, 5.74) is 5.00. The van der Waals surface area contributed by atoms with Gasteiger partial charge < -0.3 is 15.0 Å². The summed E-state index contributed by atoms with van der Waals surface area (Å²) in [6.07, 6.45) is 0. The third-order valence-corrected chi connectivity index (χ3v) is 3.66. The van der Waals surface area contributed by atoms with Crippen molar-refractivity contribution in [3.05, 3.63) is 48.0 Å². The Balaban J connectivity index is 2.12. The van der Waals surface area contributed by atoms with Crippen molar-refractivity contribution in [1.82, 2.24) is 15.4 Å². The standard InChI is InChI=1S/C17H18N4O3/c1-24-10-9-18-14-8-4-5-11(17(22)21-23)15(14)16-19-12-6-2-3-7-13(12)20-16/h2-8,18,23H,9-10H2,1H3,(H,19,20)(H,21,22). The van der Waals surface area contributed by atoms with Gasteiger partial charge in [0.15, 0.2) is 0 Å². The van der Waals surface area contributed by atoms with Gasteiger partial charge in [-0.2, -0.15) is 0 Å². The van der Waals surface area contributed by atoms with Crippen molar-refractivity contribution in [2.45, 2.75) is 0 Å². The molecule has 1 heterocycles. The number of hydrogen-bond acceptors (Lipinski definition) is 5. The molecule has 0 aliphatic heterocycles. The molecule has 24 heavy (non-hydrogen) atoms. The van der Waals surface area contributed by atoms with Crippen molar-refractivity contribution >= 4 is 22.6 Å². The van der Waals surface area contributed by atoms with Crippen LogP contribution in [-0.4, -0.2) is 41.3 Å². The number of fused-ring (bicyclic) bond motifs is 1. The number of para-hydroxylation sites is 2.